The third kappa shape index (κ3) is 5.16. The molecule has 0 aliphatic carbocycles. The Morgan fingerprint density at radius 1 is 1.00 bits per heavy atom. The Balaban J connectivity index is 0.952. The molecule has 2 aromatic carbocycles. The van der Waals surface area contributed by atoms with Gasteiger partial charge < -0.3 is 24.6 Å². The highest BCUT2D eigenvalue weighted by atomic mass is 16.5. The molecule has 3 fully saturated rings. The van der Waals surface area contributed by atoms with Crippen molar-refractivity contribution in [1.82, 2.24) is 20.1 Å². The van der Waals surface area contributed by atoms with E-state index in [4.69, 9.17) is 14.5 Å². The van der Waals surface area contributed by atoms with Crippen molar-refractivity contribution in [3.63, 3.8) is 0 Å². The van der Waals surface area contributed by atoms with Gasteiger partial charge in [-0.2, -0.15) is 0 Å². The third-order valence-corrected chi connectivity index (χ3v) is 9.10. The van der Waals surface area contributed by atoms with Crippen LogP contribution in [0.4, 0.5) is 5.82 Å². The molecule has 3 atom stereocenters. The van der Waals surface area contributed by atoms with Crippen LogP contribution < -0.4 is 15.0 Å². The lowest BCUT2D eigenvalue weighted by Gasteiger charge is -2.31. The number of fused-ring (bicyclic) bond motifs is 2. The Morgan fingerprint density at radius 3 is 2.77 bits per heavy atom. The average Bonchev–Trinajstić information content (AvgIpc) is 3.72. The van der Waals surface area contributed by atoms with E-state index in [2.05, 4.69) is 51.5 Å². The first kappa shape index (κ1) is 25.7. The van der Waals surface area contributed by atoms with Crippen molar-refractivity contribution in [2.45, 2.75) is 57.0 Å². The van der Waals surface area contributed by atoms with Crippen LogP contribution in [0.2, 0.25) is 0 Å². The van der Waals surface area contributed by atoms with E-state index in [0.717, 1.165) is 99.7 Å². The number of pyridine rings is 1. The summed E-state index contributed by atoms with van der Waals surface area (Å²) in [6.45, 7) is 7.36. The number of hydrogen-bond donors (Lipinski definition) is 1. The molecule has 8 heteroatoms. The Hall–Kier alpha value is -3.20. The van der Waals surface area contributed by atoms with Crippen LogP contribution >= 0.6 is 0 Å². The van der Waals surface area contributed by atoms with Gasteiger partial charge in [0.05, 0.1) is 11.6 Å². The molecule has 4 aliphatic heterocycles. The second-order valence-corrected chi connectivity index (χ2v) is 11.8. The molecule has 3 saturated heterocycles. The van der Waals surface area contributed by atoms with E-state index in [-0.39, 0.29) is 12.0 Å². The summed E-state index contributed by atoms with van der Waals surface area (Å²) in [7, 11) is 1.79. The quantitative estimate of drug-likeness (QED) is 0.488. The maximum absolute atomic E-state index is 13.0. The van der Waals surface area contributed by atoms with Crippen molar-refractivity contribution >= 4 is 22.6 Å². The first-order chi connectivity index (χ1) is 19.6. The zero-order valence-corrected chi connectivity index (χ0v) is 23.3. The molecule has 7 rings (SSSR count). The molecule has 0 radical (unpaired) electrons. The number of nitrogens with one attached hydrogen (secondary N) is 1. The molecule has 1 unspecified atom stereocenters. The Morgan fingerprint density at radius 2 is 1.93 bits per heavy atom. The van der Waals surface area contributed by atoms with E-state index in [1.807, 2.05) is 17.0 Å². The summed E-state index contributed by atoms with van der Waals surface area (Å²) in [5, 5.41) is 4.61. The van der Waals surface area contributed by atoms with Crippen LogP contribution in [0.15, 0.2) is 48.5 Å². The van der Waals surface area contributed by atoms with Crippen LogP contribution in [0.25, 0.3) is 10.9 Å². The van der Waals surface area contributed by atoms with E-state index in [0.29, 0.717) is 18.7 Å². The van der Waals surface area contributed by atoms with E-state index in [1.54, 1.807) is 7.11 Å². The Kier molecular flexibility index (Phi) is 7.08. The second kappa shape index (κ2) is 11.0. The van der Waals surface area contributed by atoms with Crippen LogP contribution in [0, 0.1) is 0 Å². The van der Waals surface area contributed by atoms with Crippen LogP contribution in [-0.2, 0) is 17.8 Å². The van der Waals surface area contributed by atoms with Gasteiger partial charge in [0.1, 0.15) is 17.7 Å². The predicted molar refractivity (Wildman–Crippen MR) is 156 cm³/mol. The van der Waals surface area contributed by atoms with E-state index in [1.165, 1.54) is 10.9 Å². The molecule has 1 N–H and O–H groups in total. The van der Waals surface area contributed by atoms with Gasteiger partial charge in [-0.15, -0.1) is 0 Å². The number of nitrogens with zero attached hydrogens (tertiary/aromatic N) is 4. The summed E-state index contributed by atoms with van der Waals surface area (Å²) in [6.07, 6.45) is 4.73. The van der Waals surface area contributed by atoms with Crippen LogP contribution in [-0.4, -0.2) is 85.3 Å². The lowest BCUT2D eigenvalue weighted by atomic mass is 10.1. The number of anilines is 1. The fraction of sp³-hybridized carbons (Fsp3) is 0.500. The average molecular weight is 542 g/mol. The molecule has 0 spiro atoms. The van der Waals surface area contributed by atoms with E-state index < -0.39 is 0 Å². The topological polar surface area (TPSA) is 70.2 Å². The minimum atomic E-state index is 0.162. The summed E-state index contributed by atoms with van der Waals surface area (Å²) in [6, 6.07) is 17.3. The second-order valence-electron chi connectivity index (χ2n) is 11.8. The largest absolute Gasteiger partial charge is 0.489 e. The summed E-state index contributed by atoms with van der Waals surface area (Å²) in [4.78, 5) is 24.7. The summed E-state index contributed by atoms with van der Waals surface area (Å²) in [5.41, 5.74) is 4.28. The molecular weight excluding hydrogens is 502 g/mol. The molecular formula is C32H39N5O3. The molecule has 8 nitrogen and oxygen atoms in total. The van der Waals surface area contributed by atoms with Gasteiger partial charge in [0.2, 0.25) is 0 Å². The monoisotopic (exact) mass is 541 g/mol. The number of ether oxygens (including phenoxy) is 2. The van der Waals surface area contributed by atoms with Gasteiger partial charge in [0.25, 0.3) is 5.91 Å². The highest BCUT2D eigenvalue weighted by molar-refractivity contribution is 5.98. The van der Waals surface area contributed by atoms with Gasteiger partial charge in [-0.1, -0.05) is 6.07 Å². The van der Waals surface area contributed by atoms with Crippen molar-refractivity contribution < 1.29 is 14.3 Å². The van der Waals surface area contributed by atoms with E-state index in [9.17, 15) is 4.79 Å². The van der Waals surface area contributed by atoms with Crippen LogP contribution in [0.1, 0.15) is 47.2 Å². The van der Waals surface area contributed by atoms with Crippen molar-refractivity contribution in [3.05, 3.63) is 65.2 Å². The highest BCUT2D eigenvalue weighted by Crippen LogP contribution is 2.31. The van der Waals surface area contributed by atoms with Gasteiger partial charge in [0.15, 0.2) is 0 Å². The fourth-order valence-electron chi connectivity index (χ4n) is 6.84. The zero-order valence-electron chi connectivity index (χ0n) is 23.3. The number of aromatic nitrogens is 1. The maximum Gasteiger partial charge on any atom is 0.254 e. The van der Waals surface area contributed by atoms with Gasteiger partial charge in [-0.3, -0.25) is 9.69 Å². The number of benzene rings is 2. The standard InChI is InChI=1S/C32H39N5O3/c1-39-27-11-14-36(21-27)31-9-5-23-15-22(4-8-30(23)34-31)18-35-13-10-28(20-35)40-26-6-7-29-24(16-26)19-37(32(29)38)25-3-2-12-33-17-25/h4-9,15-16,25,27-28,33H,2-3,10-14,17-21H2,1H3/t25?,27-,28-/m0/s1. The van der Waals surface area contributed by atoms with Gasteiger partial charge in [-0.25, -0.2) is 4.98 Å². The van der Waals surface area contributed by atoms with Gasteiger partial charge in [0, 0.05) is 69.9 Å². The molecule has 4 aliphatic rings. The van der Waals surface area contributed by atoms with E-state index >= 15 is 0 Å². The zero-order chi connectivity index (χ0) is 27.1. The maximum atomic E-state index is 13.0. The molecule has 210 valence electrons. The number of piperidine rings is 1. The molecule has 5 heterocycles. The van der Waals surface area contributed by atoms with Crippen molar-refractivity contribution in [2.24, 2.45) is 0 Å². The minimum absolute atomic E-state index is 0.162. The first-order valence-corrected chi connectivity index (χ1v) is 14.8. The van der Waals surface area contributed by atoms with Crippen molar-refractivity contribution in [2.75, 3.05) is 51.3 Å². The number of likely N-dealkylation sites (tertiary alicyclic amines) is 1. The molecule has 3 aromatic rings. The first-order valence-electron chi connectivity index (χ1n) is 14.8. The summed E-state index contributed by atoms with van der Waals surface area (Å²) >= 11 is 0. The van der Waals surface area contributed by atoms with Gasteiger partial charge >= 0.3 is 0 Å². The smallest absolute Gasteiger partial charge is 0.254 e. The number of carbonyl (C=O) groups excluding carboxylic acids is 1. The summed E-state index contributed by atoms with van der Waals surface area (Å²) in [5.74, 6) is 2.08. The molecule has 1 amide bonds. The van der Waals surface area contributed by atoms with Gasteiger partial charge in [-0.05, 0) is 85.8 Å². The lowest BCUT2D eigenvalue weighted by molar-refractivity contribution is 0.0674. The molecule has 1 aromatic heterocycles. The fourth-order valence-corrected chi connectivity index (χ4v) is 6.84. The van der Waals surface area contributed by atoms with Crippen LogP contribution in [0.3, 0.4) is 0 Å². The Labute approximate surface area is 236 Å². The van der Waals surface area contributed by atoms with Crippen LogP contribution in [0.5, 0.6) is 5.75 Å². The highest BCUT2D eigenvalue weighted by Gasteiger charge is 2.34. The lowest BCUT2D eigenvalue weighted by Crippen LogP contribution is -2.46. The summed E-state index contributed by atoms with van der Waals surface area (Å²) < 4.78 is 11.9. The number of methoxy groups -OCH3 is 1. The van der Waals surface area contributed by atoms with Crippen molar-refractivity contribution in [1.29, 1.82) is 0 Å². The SMILES string of the molecule is CO[C@H]1CCN(c2ccc3cc(CN4CC[C@H](Oc5ccc6c(c5)CN(C5CCCNC5)C6=O)C4)ccc3n2)C1. The predicted octanol–water partition coefficient (Wildman–Crippen LogP) is 3.82. The number of hydrogen-bond acceptors (Lipinski definition) is 7. The normalized spacial score (nSPS) is 25.2. The number of carbonyl (C=O) groups is 1. The number of rotatable bonds is 7. The Bertz CT molecular complexity index is 1390. The molecule has 0 saturated carbocycles. The minimum Gasteiger partial charge on any atom is -0.489 e. The number of amides is 1. The third-order valence-electron chi connectivity index (χ3n) is 9.10. The van der Waals surface area contributed by atoms with Crippen molar-refractivity contribution in [3.8, 4) is 5.75 Å². The molecule has 0 bridgehead atoms. The molecule has 40 heavy (non-hydrogen) atoms.